The highest BCUT2D eigenvalue weighted by atomic mass is 32.1. The van der Waals surface area contributed by atoms with E-state index in [9.17, 15) is 4.79 Å². The summed E-state index contributed by atoms with van der Waals surface area (Å²) in [4.78, 5) is 15.2. The molecule has 1 aromatic rings. The van der Waals surface area contributed by atoms with Crippen molar-refractivity contribution < 1.29 is 4.79 Å². The molecule has 0 amide bonds. The van der Waals surface area contributed by atoms with E-state index in [0.717, 1.165) is 44.3 Å². The lowest BCUT2D eigenvalue weighted by molar-refractivity contribution is 0.101. The third-order valence-electron chi connectivity index (χ3n) is 5.00. The molecule has 2 heterocycles. The highest BCUT2D eigenvalue weighted by Gasteiger charge is 2.34. The van der Waals surface area contributed by atoms with Gasteiger partial charge in [-0.2, -0.15) is 0 Å². The van der Waals surface area contributed by atoms with Gasteiger partial charge in [0.05, 0.1) is 0 Å². The SMILES string of the molecule is CC(=O)c1c(C2CCN(S)CC2)sc2c1CC(C)(C)CC2. The number of piperidine rings is 1. The Bertz CT molecular complexity index is 553. The third-order valence-corrected chi connectivity index (χ3v) is 6.85. The lowest BCUT2D eigenvalue weighted by Gasteiger charge is -2.30. The Morgan fingerprint density at radius 1 is 1.33 bits per heavy atom. The Balaban J connectivity index is 1.98. The molecule has 0 N–H and O–H groups in total. The minimum Gasteiger partial charge on any atom is -0.294 e. The Hall–Kier alpha value is -0.320. The number of aryl methyl sites for hydroxylation is 1. The van der Waals surface area contributed by atoms with Gasteiger partial charge in [0.2, 0.25) is 0 Å². The van der Waals surface area contributed by atoms with Crippen molar-refractivity contribution in [2.75, 3.05) is 13.1 Å². The molecule has 1 aromatic heterocycles. The van der Waals surface area contributed by atoms with Crippen LogP contribution in [0.2, 0.25) is 0 Å². The minimum absolute atomic E-state index is 0.272. The van der Waals surface area contributed by atoms with Gasteiger partial charge in [-0.15, -0.1) is 11.3 Å². The summed E-state index contributed by atoms with van der Waals surface area (Å²) in [6, 6.07) is 0. The van der Waals surface area contributed by atoms with E-state index in [4.69, 9.17) is 0 Å². The molecule has 21 heavy (non-hydrogen) atoms. The van der Waals surface area contributed by atoms with Crippen LogP contribution < -0.4 is 0 Å². The van der Waals surface area contributed by atoms with Crippen molar-refractivity contribution in [2.45, 2.75) is 58.8 Å². The zero-order valence-corrected chi connectivity index (χ0v) is 14.9. The molecule has 0 atom stereocenters. The van der Waals surface area contributed by atoms with Crippen LogP contribution in [0.3, 0.4) is 0 Å². The number of thiophene rings is 1. The van der Waals surface area contributed by atoms with Crippen LogP contribution in [0, 0.1) is 5.41 Å². The van der Waals surface area contributed by atoms with Crippen LogP contribution in [0.5, 0.6) is 0 Å². The second-order valence-corrected chi connectivity index (χ2v) is 9.07. The van der Waals surface area contributed by atoms with E-state index >= 15 is 0 Å². The fourth-order valence-corrected chi connectivity index (χ4v) is 5.51. The van der Waals surface area contributed by atoms with Gasteiger partial charge >= 0.3 is 0 Å². The van der Waals surface area contributed by atoms with Gasteiger partial charge in [-0.25, -0.2) is 0 Å². The molecule has 116 valence electrons. The zero-order chi connectivity index (χ0) is 15.2. The Kier molecular flexibility index (Phi) is 4.23. The van der Waals surface area contributed by atoms with Gasteiger partial charge in [0.25, 0.3) is 0 Å². The van der Waals surface area contributed by atoms with Crippen molar-refractivity contribution in [3.05, 3.63) is 20.9 Å². The van der Waals surface area contributed by atoms with Gasteiger partial charge in [0.1, 0.15) is 0 Å². The predicted octanol–water partition coefficient (Wildman–Crippen LogP) is 4.49. The molecule has 0 radical (unpaired) electrons. The van der Waals surface area contributed by atoms with Crippen molar-refractivity contribution in [1.82, 2.24) is 4.31 Å². The first kappa shape index (κ1) is 15.6. The predicted molar refractivity (Wildman–Crippen MR) is 92.7 cm³/mol. The van der Waals surface area contributed by atoms with Crippen molar-refractivity contribution >= 4 is 29.9 Å². The summed E-state index contributed by atoms with van der Waals surface area (Å²) >= 11 is 6.38. The van der Waals surface area contributed by atoms with Crippen LogP contribution in [0.25, 0.3) is 0 Å². The van der Waals surface area contributed by atoms with E-state index in [2.05, 4.69) is 31.0 Å². The van der Waals surface area contributed by atoms with Gasteiger partial charge in [0.15, 0.2) is 5.78 Å². The molecule has 1 fully saturated rings. The molecule has 1 aliphatic heterocycles. The van der Waals surface area contributed by atoms with Gasteiger partial charge in [-0.3, -0.25) is 9.10 Å². The Morgan fingerprint density at radius 2 is 2.00 bits per heavy atom. The van der Waals surface area contributed by atoms with Crippen LogP contribution in [0.4, 0.5) is 0 Å². The van der Waals surface area contributed by atoms with E-state index < -0.39 is 0 Å². The van der Waals surface area contributed by atoms with Gasteiger partial charge in [-0.1, -0.05) is 26.7 Å². The van der Waals surface area contributed by atoms with Crippen LogP contribution in [0.15, 0.2) is 0 Å². The fourth-order valence-electron chi connectivity index (χ4n) is 3.74. The highest BCUT2D eigenvalue weighted by Crippen LogP contribution is 2.45. The smallest absolute Gasteiger partial charge is 0.161 e. The average molecular weight is 324 g/mol. The number of hydrogen-bond donors (Lipinski definition) is 1. The second kappa shape index (κ2) is 5.71. The lowest BCUT2D eigenvalue weighted by atomic mass is 9.75. The minimum atomic E-state index is 0.272. The molecule has 4 heteroatoms. The highest BCUT2D eigenvalue weighted by molar-refractivity contribution is 7.77. The maximum Gasteiger partial charge on any atom is 0.161 e. The summed E-state index contributed by atoms with van der Waals surface area (Å²) in [5, 5.41) is 0. The summed E-state index contributed by atoms with van der Waals surface area (Å²) < 4.78 is 2.10. The maximum absolute atomic E-state index is 12.3. The molecule has 0 spiro atoms. The van der Waals surface area contributed by atoms with Crippen molar-refractivity contribution in [3.8, 4) is 0 Å². The standard InChI is InChI=1S/C17H25NOS2/c1-11(19)15-13-10-17(2,3)7-4-14(13)21-16(15)12-5-8-18(20)9-6-12/h12,20H,4-10H2,1-3H3. The molecule has 2 nitrogen and oxygen atoms in total. The number of Topliss-reactive ketones (excluding diaryl/α,β-unsaturated/α-hetero) is 1. The summed E-state index contributed by atoms with van der Waals surface area (Å²) in [5.74, 6) is 0.833. The monoisotopic (exact) mass is 323 g/mol. The van der Waals surface area contributed by atoms with Gasteiger partial charge in [-0.05, 0) is 55.9 Å². The summed E-state index contributed by atoms with van der Waals surface area (Å²) in [5.41, 5.74) is 2.80. The Labute approximate surface area is 137 Å². The molecule has 0 saturated carbocycles. The summed E-state index contributed by atoms with van der Waals surface area (Å²) in [6.07, 6.45) is 5.73. The number of nitrogens with zero attached hydrogens (tertiary/aromatic N) is 1. The lowest BCUT2D eigenvalue weighted by Crippen LogP contribution is -2.26. The van der Waals surface area contributed by atoms with Crippen molar-refractivity contribution in [2.24, 2.45) is 5.41 Å². The first-order valence-corrected chi connectivity index (χ1v) is 9.18. The number of hydrogen-bond acceptors (Lipinski definition) is 4. The fraction of sp³-hybridized carbons (Fsp3) is 0.706. The molecular weight excluding hydrogens is 298 g/mol. The molecule has 0 bridgehead atoms. The molecule has 1 saturated heterocycles. The average Bonchev–Trinajstić information content (AvgIpc) is 2.76. The van der Waals surface area contributed by atoms with Crippen LogP contribution in [-0.4, -0.2) is 23.2 Å². The number of thiol groups is 1. The number of fused-ring (bicyclic) bond motifs is 1. The first-order valence-electron chi connectivity index (χ1n) is 7.96. The molecule has 0 unspecified atom stereocenters. The van der Waals surface area contributed by atoms with Gasteiger partial charge < -0.3 is 0 Å². The summed E-state index contributed by atoms with van der Waals surface area (Å²) in [7, 11) is 0. The second-order valence-electron chi connectivity index (χ2n) is 7.37. The van der Waals surface area contributed by atoms with E-state index in [0.29, 0.717) is 11.3 Å². The van der Waals surface area contributed by atoms with E-state index in [-0.39, 0.29) is 5.78 Å². The van der Waals surface area contributed by atoms with Crippen LogP contribution in [-0.2, 0) is 12.8 Å². The normalized spacial score (nSPS) is 23.0. The van der Waals surface area contributed by atoms with Crippen molar-refractivity contribution in [1.29, 1.82) is 0 Å². The van der Waals surface area contributed by atoms with Crippen molar-refractivity contribution in [3.63, 3.8) is 0 Å². The van der Waals surface area contributed by atoms with Gasteiger partial charge in [0, 0.05) is 28.4 Å². The van der Waals surface area contributed by atoms with E-state index in [1.807, 2.05) is 11.3 Å². The molecular formula is C17H25NOS2. The van der Waals surface area contributed by atoms with E-state index in [1.165, 1.54) is 21.7 Å². The maximum atomic E-state index is 12.3. The zero-order valence-electron chi connectivity index (χ0n) is 13.2. The topological polar surface area (TPSA) is 20.3 Å². The molecule has 2 aliphatic rings. The number of ketones is 1. The van der Waals surface area contributed by atoms with E-state index in [1.54, 1.807) is 6.92 Å². The number of rotatable bonds is 2. The number of carbonyl (C=O) groups excluding carboxylic acids is 1. The molecule has 3 rings (SSSR count). The Morgan fingerprint density at radius 3 is 2.62 bits per heavy atom. The molecule has 0 aromatic carbocycles. The first-order chi connectivity index (χ1) is 9.87. The molecule has 1 aliphatic carbocycles. The quantitative estimate of drug-likeness (QED) is 0.639. The largest absolute Gasteiger partial charge is 0.294 e. The van der Waals surface area contributed by atoms with Crippen LogP contribution >= 0.6 is 24.2 Å². The number of carbonyl (C=O) groups is 1. The van der Waals surface area contributed by atoms with Crippen LogP contribution in [0.1, 0.15) is 71.6 Å². The third kappa shape index (κ3) is 3.08. The summed E-state index contributed by atoms with van der Waals surface area (Å²) in [6.45, 7) is 8.46.